The van der Waals surface area contributed by atoms with Gasteiger partial charge in [0.25, 0.3) is 0 Å². The van der Waals surface area contributed by atoms with E-state index in [0.29, 0.717) is 16.3 Å². The quantitative estimate of drug-likeness (QED) is 0.908. The second-order valence-corrected chi connectivity index (χ2v) is 5.41. The van der Waals surface area contributed by atoms with Crippen molar-refractivity contribution in [3.05, 3.63) is 46.7 Å². The number of benzene rings is 1. The fourth-order valence-electron chi connectivity index (χ4n) is 2.11. The number of hydrogen-bond donors (Lipinski definition) is 2. The standard InChI is InChI=1S/C14H17ClN2O2/c1-9(2)17-13(12(15)8-16-17)14(3,19)10-4-6-11(18)7-5-10/h4-9,18-19H,1-3H3. The fourth-order valence-corrected chi connectivity index (χ4v) is 2.43. The van der Waals surface area contributed by atoms with E-state index in [1.54, 1.807) is 23.7 Å². The summed E-state index contributed by atoms with van der Waals surface area (Å²) in [6.07, 6.45) is 1.53. The van der Waals surface area contributed by atoms with E-state index in [9.17, 15) is 10.2 Å². The third-order valence-electron chi connectivity index (χ3n) is 3.13. The zero-order chi connectivity index (χ0) is 14.2. The minimum absolute atomic E-state index is 0.0890. The molecule has 0 saturated heterocycles. The highest BCUT2D eigenvalue weighted by Crippen LogP contribution is 2.35. The summed E-state index contributed by atoms with van der Waals surface area (Å²) in [5.41, 5.74) is -0.0737. The van der Waals surface area contributed by atoms with Gasteiger partial charge in [0.15, 0.2) is 0 Å². The van der Waals surface area contributed by atoms with Crippen LogP contribution < -0.4 is 0 Å². The monoisotopic (exact) mass is 280 g/mol. The van der Waals surface area contributed by atoms with E-state index in [1.165, 1.54) is 18.3 Å². The van der Waals surface area contributed by atoms with E-state index < -0.39 is 5.60 Å². The smallest absolute Gasteiger partial charge is 0.130 e. The van der Waals surface area contributed by atoms with Crippen molar-refractivity contribution < 1.29 is 10.2 Å². The number of aromatic nitrogens is 2. The van der Waals surface area contributed by atoms with Gasteiger partial charge in [-0.15, -0.1) is 0 Å². The molecule has 0 bridgehead atoms. The van der Waals surface area contributed by atoms with Gasteiger partial charge in [0.1, 0.15) is 11.4 Å². The van der Waals surface area contributed by atoms with Gasteiger partial charge in [-0.2, -0.15) is 5.10 Å². The van der Waals surface area contributed by atoms with Crippen molar-refractivity contribution in [1.82, 2.24) is 9.78 Å². The van der Waals surface area contributed by atoms with E-state index in [-0.39, 0.29) is 11.8 Å². The van der Waals surface area contributed by atoms with Gasteiger partial charge in [-0.1, -0.05) is 23.7 Å². The maximum absolute atomic E-state index is 10.8. The summed E-state index contributed by atoms with van der Waals surface area (Å²) in [6.45, 7) is 5.61. The van der Waals surface area contributed by atoms with Gasteiger partial charge in [-0.05, 0) is 38.5 Å². The van der Waals surface area contributed by atoms with Crippen molar-refractivity contribution in [3.63, 3.8) is 0 Å². The highest BCUT2D eigenvalue weighted by atomic mass is 35.5. The molecule has 0 aliphatic heterocycles. The lowest BCUT2D eigenvalue weighted by Crippen LogP contribution is -2.28. The third kappa shape index (κ3) is 2.46. The number of hydrogen-bond acceptors (Lipinski definition) is 3. The van der Waals surface area contributed by atoms with Crippen LogP contribution in [0, 0.1) is 0 Å². The number of phenols is 1. The Morgan fingerprint density at radius 2 is 1.84 bits per heavy atom. The van der Waals surface area contributed by atoms with Gasteiger partial charge < -0.3 is 10.2 Å². The number of halogens is 1. The zero-order valence-corrected chi connectivity index (χ0v) is 11.9. The first-order valence-electron chi connectivity index (χ1n) is 6.09. The average molecular weight is 281 g/mol. The molecular formula is C14H17ClN2O2. The summed E-state index contributed by atoms with van der Waals surface area (Å²) >= 11 is 6.16. The molecule has 1 unspecified atom stereocenters. The molecule has 0 amide bonds. The molecule has 0 saturated carbocycles. The minimum atomic E-state index is -1.27. The third-order valence-corrected chi connectivity index (χ3v) is 3.41. The Labute approximate surface area is 117 Å². The summed E-state index contributed by atoms with van der Waals surface area (Å²) in [5, 5.41) is 24.8. The Bertz CT molecular complexity index is 574. The molecule has 2 N–H and O–H groups in total. The predicted octanol–water partition coefficient (Wildman–Crippen LogP) is 3.08. The molecule has 0 spiro atoms. The van der Waals surface area contributed by atoms with Crippen molar-refractivity contribution in [2.24, 2.45) is 0 Å². The van der Waals surface area contributed by atoms with E-state index in [0.717, 1.165) is 0 Å². The highest BCUT2D eigenvalue weighted by Gasteiger charge is 2.33. The molecule has 0 aliphatic rings. The fraction of sp³-hybridized carbons (Fsp3) is 0.357. The Kier molecular flexibility index (Phi) is 3.56. The van der Waals surface area contributed by atoms with Crippen LogP contribution in [0.1, 0.15) is 38.1 Å². The van der Waals surface area contributed by atoms with Gasteiger partial charge in [0.05, 0.1) is 16.9 Å². The molecule has 0 aliphatic carbocycles. The maximum Gasteiger partial charge on any atom is 0.130 e. The van der Waals surface area contributed by atoms with Crippen LogP contribution in [0.25, 0.3) is 0 Å². The van der Waals surface area contributed by atoms with E-state index in [2.05, 4.69) is 5.10 Å². The van der Waals surface area contributed by atoms with Crippen molar-refractivity contribution >= 4 is 11.6 Å². The first-order valence-corrected chi connectivity index (χ1v) is 6.47. The van der Waals surface area contributed by atoms with Crippen molar-refractivity contribution in [1.29, 1.82) is 0 Å². The van der Waals surface area contributed by atoms with Crippen molar-refractivity contribution in [2.75, 3.05) is 0 Å². The number of aromatic hydroxyl groups is 1. The second kappa shape index (κ2) is 4.87. The molecule has 2 aromatic rings. The van der Waals surface area contributed by atoms with Crippen molar-refractivity contribution in [3.8, 4) is 5.75 Å². The number of nitrogens with zero attached hydrogens (tertiary/aromatic N) is 2. The summed E-state index contributed by atoms with van der Waals surface area (Å²) in [6, 6.07) is 6.50. The van der Waals surface area contributed by atoms with Gasteiger partial charge in [-0.25, -0.2) is 0 Å². The van der Waals surface area contributed by atoms with Crippen LogP contribution in [0.2, 0.25) is 5.02 Å². The predicted molar refractivity (Wildman–Crippen MR) is 74.4 cm³/mol. The zero-order valence-electron chi connectivity index (χ0n) is 11.1. The highest BCUT2D eigenvalue weighted by molar-refractivity contribution is 6.31. The second-order valence-electron chi connectivity index (χ2n) is 5.00. The Morgan fingerprint density at radius 3 is 2.37 bits per heavy atom. The Hall–Kier alpha value is -1.52. The maximum atomic E-state index is 10.8. The lowest BCUT2D eigenvalue weighted by Gasteiger charge is -2.27. The molecule has 0 radical (unpaired) electrons. The van der Waals surface area contributed by atoms with Crippen LogP contribution >= 0.6 is 11.6 Å². The minimum Gasteiger partial charge on any atom is -0.508 e. The lowest BCUT2D eigenvalue weighted by molar-refractivity contribution is 0.0901. The molecule has 1 aromatic carbocycles. The van der Waals surface area contributed by atoms with Crippen LogP contribution in [0.5, 0.6) is 5.75 Å². The van der Waals surface area contributed by atoms with Crippen LogP contribution in [0.4, 0.5) is 0 Å². The van der Waals surface area contributed by atoms with Crippen LogP contribution in [-0.2, 0) is 5.60 Å². The molecule has 1 atom stereocenters. The van der Waals surface area contributed by atoms with Crippen molar-refractivity contribution in [2.45, 2.75) is 32.4 Å². The Morgan fingerprint density at radius 1 is 1.26 bits per heavy atom. The van der Waals surface area contributed by atoms with E-state index >= 15 is 0 Å². The van der Waals surface area contributed by atoms with Gasteiger partial charge in [-0.3, -0.25) is 4.68 Å². The molecular weight excluding hydrogens is 264 g/mol. The number of phenolic OH excluding ortho intramolecular Hbond substituents is 1. The number of aliphatic hydroxyl groups is 1. The van der Waals surface area contributed by atoms with Crippen LogP contribution in [0.15, 0.2) is 30.5 Å². The molecule has 102 valence electrons. The first kappa shape index (κ1) is 13.9. The van der Waals surface area contributed by atoms with Gasteiger partial charge in [0, 0.05) is 6.04 Å². The van der Waals surface area contributed by atoms with Gasteiger partial charge >= 0.3 is 0 Å². The molecule has 5 heteroatoms. The number of rotatable bonds is 3. The van der Waals surface area contributed by atoms with Crippen LogP contribution in [0.3, 0.4) is 0 Å². The first-order chi connectivity index (χ1) is 8.84. The summed E-state index contributed by atoms with van der Waals surface area (Å²) < 4.78 is 1.70. The molecule has 4 nitrogen and oxygen atoms in total. The molecule has 1 heterocycles. The normalized spacial score (nSPS) is 14.6. The van der Waals surface area contributed by atoms with Gasteiger partial charge in [0.2, 0.25) is 0 Å². The summed E-state index contributed by atoms with van der Waals surface area (Å²) in [4.78, 5) is 0. The summed E-state index contributed by atoms with van der Waals surface area (Å²) in [5.74, 6) is 0.156. The molecule has 0 fully saturated rings. The topological polar surface area (TPSA) is 58.3 Å². The largest absolute Gasteiger partial charge is 0.508 e. The average Bonchev–Trinajstić information content (AvgIpc) is 2.72. The SMILES string of the molecule is CC(C)n1ncc(Cl)c1C(C)(O)c1ccc(O)cc1. The molecule has 2 rings (SSSR count). The van der Waals surface area contributed by atoms with E-state index in [1.807, 2.05) is 13.8 Å². The molecule has 19 heavy (non-hydrogen) atoms. The van der Waals surface area contributed by atoms with Crippen LogP contribution in [-0.4, -0.2) is 20.0 Å². The molecule has 1 aromatic heterocycles. The van der Waals surface area contributed by atoms with E-state index in [4.69, 9.17) is 11.6 Å². The lowest BCUT2D eigenvalue weighted by atomic mass is 9.92. The summed E-state index contributed by atoms with van der Waals surface area (Å²) in [7, 11) is 0. The Balaban J connectivity index is 2.55.